The zero-order valence-electron chi connectivity index (χ0n) is 10.3. The third kappa shape index (κ3) is 1.97. The Labute approximate surface area is 107 Å². The van der Waals surface area contributed by atoms with Gasteiger partial charge in [0, 0.05) is 6.04 Å². The first-order valence-electron chi connectivity index (χ1n) is 6.56. The van der Waals surface area contributed by atoms with Crippen LogP contribution in [-0.4, -0.2) is 19.1 Å². The number of rotatable bonds is 2. The summed E-state index contributed by atoms with van der Waals surface area (Å²) in [6, 6.07) is 5.79. The van der Waals surface area contributed by atoms with Crippen LogP contribution in [0.2, 0.25) is 0 Å². The number of fused-ring (bicyclic) bond motifs is 1. The summed E-state index contributed by atoms with van der Waals surface area (Å²) in [6.45, 7) is 1.07. The van der Waals surface area contributed by atoms with Crippen LogP contribution < -0.4 is 15.8 Å². The van der Waals surface area contributed by atoms with Crippen molar-refractivity contribution in [1.29, 1.82) is 0 Å². The van der Waals surface area contributed by atoms with Crippen LogP contribution in [0.4, 0.5) is 0 Å². The smallest absolute Gasteiger partial charge is 0.255 e. The SMILES string of the molecule is NC(c1ccc2c(c1)C(=O)NCCO2)C1CCC1. The van der Waals surface area contributed by atoms with Crippen LogP contribution in [0.3, 0.4) is 0 Å². The van der Waals surface area contributed by atoms with Crippen molar-refractivity contribution >= 4 is 5.91 Å². The highest BCUT2D eigenvalue weighted by Gasteiger charge is 2.27. The highest BCUT2D eigenvalue weighted by Crippen LogP contribution is 2.37. The number of amides is 1. The van der Waals surface area contributed by atoms with Gasteiger partial charge in [0.05, 0.1) is 12.1 Å². The van der Waals surface area contributed by atoms with Gasteiger partial charge in [-0.15, -0.1) is 0 Å². The van der Waals surface area contributed by atoms with Gasteiger partial charge < -0.3 is 15.8 Å². The van der Waals surface area contributed by atoms with Gasteiger partial charge in [-0.2, -0.15) is 0 Å². The molecule has 1 amide bonds. The summed E-state index contributed by atoms with van der Waals surface area (Å²) in [5.41, 5.74) is 7.90. The van der Waals surface area contributed by atoms with Crippen LogP contribution in [0, 0.1) is 5.92 Å². The lowest BCUT2D eigenvalue weighted by atomic mass is 9.77. The maximum Gasteiger partial charge on any atom is 0.255 e. The Hall–Kier alpha value is -1.55. The predicted octanol–water partition coefficient (Wildman–Crippen LogP) is 1.61. The second kappa shape index (κ2) is 4.61. The normalized spacial score (nSPS) is 21.1. The lowest BCUT2D eigenvalue weighted by Crippen LogP contribution is -2.27. The minimum absolute atomic E-state index is 0.0418. The number of ether oxygens (including phenoxy) is 1. The molecule has 0 spiro atoms. The molecule has 1 aromatic carbocycles. The van der Waals surface area contributed by atoms with Crippen LogP contribution >= 0.6 is 0 Å². The van der Waals surface area contributed by atoms with Crippen molar-refractivity contribution in [3.63, 3.8) is 0 Å². The Kier molecular flexibility index (Phi) is 2.96. The fraction of sp³-hybridized carbons (Fsp3) is 0.500. The van der Waals surface area contributed by atoms with E-state index in [1.807, 2.05) is 18.2 Å². The topological polar surface area (TPSA) is 64.4 Å². The third-order valence-electron chi connectivity index (χ3n) is 3.94. The quantitative estimate of drug-likeness (QED) is 0.833. The average Bonchev–Trinajstić information content (AvgIpc) is 2.49. The molecule has 18 heavy (non-hydrogen) atoms. The number of benzene rings is 1. The minimum Gasteiger partial charge on any atom is -0.491 e. The molecule has 1 aromatic rings. The first-order chi connectivity index (χ1) is 8.75. The molecule has 1 atom stereocenters. The first-order valence-corrected chi connectivity index (χ1v) is 6.56. The van der Waals surface area contributed by atoms with Crippen molar-refractivity contribution in [1.82, 2.24) is 5.32 Å². The van der Waals surface area contributed by atoms with Crippen LogP contribution in [0.15, 0.2) is 18.2 Å². The molecule has 1 aliphatic heterocycles. The molecule has 1 unspecified atom stereocenters. The molecule has 4 nitrogen and oxygen atoms in total. The molecular weight excluding hydrogens is 228 g/mol. The predicted molar refractivity (Wildman–Crippen MR) is 68.5 cm³/mol. The maximum absolute atomic E-state index is 11.9. The van der Waals surface area contributed by atoms with Crippen LogP contribution in [0.5, 0.6) is 5.75 Å². The molecule has 0 saturated heterocycles. The number of carbonyl (C=O) groups excluding carboxylic acids is 1. The number of hydrogen-bond donors (Lipinski definition) is 2. The first kappa shape index (κ1) is 11.5. The number of nitrogens with two attached hydrogens (primary N) is 1. The van der Waals surface area contributed by atoms with E-state index in [4.69, 9.17) is 10.5 Å². The Morgan fingerprint density at radius 2 is 2.22 bits per heavy atom. The molecule has 0 aromatic heterocycles. The van der Waals surface area contributed by atoms with Gasteiger partial charge >= 0.3 is 0 Å². The van der Waals surface area contributed by atoms with Crippen molar-refractivity contribution in [3.8, 4) is 5.75 Å². The Morgan fingerprint density at radius 3 is 2.94 bits per heavy atom. The van der Waals surface area contributed by atoms with E-state index in [2.05, 4.69) is 5.32 Å². The van der Waals surface area contributed by atoms with Gasteiger partial charge in [-0.25, -0.2) is 0 Å². The lowest BCUT2D eigenvalue weighted by Gasteiger charge is -2.31. The summed E-state index contributed by atoms with van der Waals surface area (Å²) in [7, 11) is 0. The van der Waals surface area contributed by atoms with Gasteiger partial charge in [0.2, 0.25) is 0 Å². The van der Waals surface area contributed by atoms with Crippen molar-refractivity contribution < 1.29 is 9.53 Å². The second-order valence-electron chi connectivity index (χ2n) is 5.08. The van der Waals surface area contributed by atoms with Crippen molar-refractivity contribution in [3.05, 3.63) is 29.3 Å². The van der Waals surface area contributed by atoms with E-state index in [1.165, 1.54) is 19.3 Å². The monoisotopic (exact) mass is 246 g/mol. The molecule has 2 aliphatic rings. The zero-order chi connectivity index (χ0) is 12.5. The fourth-order valence-electron chi connectivity index (χ4n) is 2.55. The molecule has 1 heterocycles. The Bertz CT molecular complexity index is 469. The van der Waals surface area contributed by atoms with E-state index in [1.54, 1.807) is 0 Å². The van der Waals surface area contributed by atoms with E-state index >= 15 is 0 Å². The lowest BCUT2D eigenvalue weighted by molar-refractivity contribution is 0.0957. The second-order valence-corrected chi connectivity index (χ2v) is 5.08. The Morgan fingerprint density at radius 1 is 1.39 bits per heavy atom. The fourth-order valence-corrected chi connectivity index (χ4v) is 2.55. The van der Waals surface area contributed by atoms with Crippen LogP contribution in [0.25, 0.3) is 0 Å². The number of nitrogens with one attached hydrogen (secondary N) is 1. The van der Waals surface area contributed by atoms with Crippen LogP contribution in [-0.2, 0) is 0 Å². The molecule has 96 valence electrons. The Balaban J connectivity index is 1.91. The summed E-state index contributed by atoms with van der Waals surface area (Å²) in [4.78, 5) is 11.9. The van der Waals surface area contributed by atoms with E-state index in [-0.39, 0.29) is 11.9 Å². The average molecular weight is 246 g/mol. The molecule has 1 saturated carbocycles. The summed E-state index contributed by atoms with van der Waals surface area (Å²) < 4.78 is 5.53. The summed E-state index contributed by atoms with van der Waals surface area (Å²) in [6.07, 6.45) is 3.66. The number of hydrogen-bond acceptors (Lipinski definition) is 3. The van der Waals surface area contributed by atoms with E-state index in [0.717, 1.165) is 5.56 Å². The molecule has 3 rings (SSSR count). The molecule has 4 heteroatoms. The molecule has 1 fully saturated rings. The highest BCUT2D eigenvalue weighted by atomic mass is 16.5. The summed E-state index contributed by atoms with van der Waals surface area (Å²) in [5, 5.41) is 2.82. The van der Waals surface area contributed by atoms with Gasteiger partial charge in [-0.05, 0) is 36.5 Å². The summed E-state index contributed by atoms with van der Waals surface area (Å²) in [5.74, 6) is 1.16. The maximum atomic E-state index is 11.9. The largest absolute Gasteiger partial charge is 0.491 e. The minimum atomic E-state index is -0.0647. The van der Waals surface area contributed by atoms with E-state index < -0.39 is 0 Å². The van der Waals surface area contributed by atoms with Gasteiger partial charge in [-0.1, -0.05) is 12.5 Å². The zero-order valence-corrected chi connectivity index (χ0v) is 10.3. The molecular formula is C14H18N2O2. The molecule has 0 bridgehead atoms. The molecule has 1 aliphatic carbocycles. The van der Waals surface area contributed by atoms with Gasteiger partial charge in [-0.3, -0.25) is 4.79 Å². The van der Waals surface area contributed by atoms with Crippen molar-refractivity contribution in [2.24, 2.45) is 11.7 Å². The van der Waals surface area contributed by atoms with Crippen molar-refractivity contribution in [2.45, 2.75) is 25.3 Å². The molecule has 3 N–H and O–H groups in total. The van der Waals surface area contributed by atoms with Gasteiger partial charge in [0.25, 0.3) is 5.91 Å². The third-order valence-corrected chi connectivity index (χ3v) is 3.94. The van der Waals surface area contributed by atoms with Crippen LogP contribution in [0.1, 0.15) is 41.2 Å². The van der Waals surface area contributed by atoms with Gasteiger partial charge in [0.1, 0.15) is 12.4 Å². The number of carbonyl (C=O) groups is 1. The van der Waals surface area contributed by atoms with Crippen molar-refractivity contribution in [2.75, 3.05) is 13.2 Å². The molecule has 0 radical (unpaired) electrons. The summed E-state index contributed by atoms with van der Waals surface area (Å²) >= 11 is 0. The van der Waals surface area contributed by atoms with Gasteiger partial charge in [0.15, 0.2) is 0 Å². The standard InChI is InChI=1S/C14H18N2O2/c15-13(9-2-1-3-9)10-4-5-12-11(8-10)14(17)16-6-7-18-12/h4-5,8-9,13H,1-3,6-7,15H2,(H,16,17). The van der Waals surface area contributed by atoms with E-state index in [0.29, 0.717) is 30.4 Å². The van der Waals surface area contributed by atoms with E-state index in [9.17, 15) is 4.79 Å². The highest BCUT2D eigenvalue weighted by molar-refractivity contribution is 5.97.